The zero-order valence-corrected chi connectivity index (χ0v) is 17.6. The smallest absolute Gasteiger partial charge is 0.240 e. The van der Waals surface area contributed by atoms with E-state index >= 15 is 0 Å². The maximum absolute atomic E-state index is 14.4. The van der Waals surface area contributed by atoms with E-state index in [0.29, 0.717) is 35.6 Å². The molecule has 2 aliphatic rings. The van der Waals surface area contributed by atoms with Crippen LogP contribution in [0.3, 0.4) is 0 Å². The fourth-order valence-electron chi connectivity index (χ4n) is 4.24. The molecule has 1 N–H and O–H groups in total. The molecule has 0 radical (unpaired) electrons. The van der Waals surface area contributed by atoms with Gasteiger partial charge in [-0.2, -0.15) is 0 Å². The molecule has 0 saturated carbocycles. The van der Waals surface area contributed by atoms with E-state index in [1.165, 1.54) is 13.0 Å². The Balaban J connectivity index is 1.81. The van der Waals surface area contributed by atoms with Crippen LogP contribution in [0.4, 0.5) is 4.39 Å². The second kappa shape index (κ2) is 8.27. The monoisotopic (exact) mass is 439 g/mol. The molecule has 3 atom stereocenters. The van der Waals surface area contributed by atoms with Crippen molar-refractivity contribution in [1.29, 1.82) is 0 Å². The lowest BCUT2D eigenvalue weighted by Gasteiger charge is -2.43. The van der Waals surface area contributed by atoms with E-state index in [0.717, 1.165) is 12.8 Å². The molecule has 2 heterocycles. The predicted molar refractivity (Wildman–Crippen MR) is 105 cm³/mol. The summed E-state index contributed by atoms with van der Waals surface area (Å²) in [5.41, 5.74) is 0.601. The van der Waals surface area contributed by atoms with Crippen molar-refractivity contribution in [3.8, 4) is 0 Å². The molecule has 2 fully saturated rings. The number of hydrogen-bond donors (Lipinski definition) is 1. The topological polar surface area (TPSA) is 52.7 Å². The Labute approximate surface area is 168 Å². The van der Waals surface area contributed by atoms with Crippen LogP contribution in [-0.2, 0) is 16.1 Å². The number of hydrogen-bond acceptors (Lipinski definition) is 3. The van der Waals surface area contributed by atoms with Crippen LogP contribution in [0.5, 0.6) is 0 Å². The van der Waals surface area contributed by atoms with Gasteiger partial charge in [0.05, 0.1) is 6.04 Å². The lowest BCUT2D eigenvalue weighted by atomic mass is 9.96. The van der Waals surface area contributed by atoms with Gasteiger partial charge in [-0.15, -0.1) is 0 Å². The number of rotatable bonds is 5. The number of nitrogens with one attached hydrogen (secondary N) is 1. The summed E-state index contributed by atoms with van der Waals surface area (Å²) in [7, 11) is 0. The molecule has 3 unspecified atom stereocenters. The highest BCUT2D eigenvalue weighted by molar-refractivity contribution is 9.10. The highest BCUT2D eigenvalue weighted by Gasteiger charge is 2.45. The zero-order chi connectivity index (χ0) is 19.7. The van der Waals surface area contributed by atoms with Crippen LogP contribution < -0.4 is 5.32 Å². The molecule has 2 aliphatic heterocycles. The van der Waals surface area contributed by atoms with Crippen molar-refractivity contribution < 1.29 is 14.0 Å². The maximum Gasteiger partial charge on any atom is 0.240 e. The molecular weight excluding hydrogens is 413 g/mol. The van der Waals surface area contributed by atoms with Crippen molar-refractivity contribution in [1.82, 2.24) is 15.1 Å². The van der Waals surface area contributed by atoms with Crippen LogP contribution in [-0.4, -0.2) is 52.8 Å². The van der Waals surface area contributed by atoms with E-state index in [1.54, 1.807) is 6.07 Å². The Morgan fingerprint density at radius 1 is 1.37 bits per heavy atom. The van der Waals surface area contributed by atoms with Crippen LogP contribution >= 0.6 is 15.9 Å². The number of carbonyl (C=O) groups is 2. The van der Waals surface area contributed by atoms with Gasteiger partial charge in [0.25, 0.3) is 0 Å². The van der Waals surface area contributed by atoms with Gasteiger partial charge in [-0.25, -0.2) is 4.39 Å². The molecule has 27 heavy (non-hydrogen) atoms. The minimum atomic E-state index is -0.259. The normalized spacial score (nSPS) is 25.8. The van der Waals surface area contributed by atoms with Crippen LogP contribution in [0.2, 0.25) is 0 Å². The van der Waals surface area contributed by atoms with Crippen molar-refractivity contribution in [3.63, 3.8) is 0 Å². The molecule has 3 rings (SSSR count). The zero-order valence-electron chi connectivity index (χ0n) is 16.0. The summed E-state index contributed by atoms with van der Waals surface area (Å²) in [6, 6.07) is 4.89. The highest BCUT2D eigenvalue weighted by atomic mass is 79.9. The first-order valence-corrected chi connectivity index (χ1v) is 10.3. The first-order chi connectivity index (χ1) is 12.7. The summed E-state index contributed by atoms with van der Waals surface area (Å²) >= 11 is 3.29. The average Bonchev–Trinajstić information content (AvgIpc) is 2.95. The number of amides is 2. The molecule has 7 heteroatoms. The van der Waals surface area contributed by atoms with Gasteiger partial charge in [0, 0.05) is 48.7 Å². The molecule has 1 aromatic carbocycles. The van der Waals surface area contributed by atoms with Gasteiger partial charge in [0.2, 0.25) is 11.8 Å². The molecule has 2 amide bonds. The second-order valence-corrected chi connectivity index (χ2v) is 9.00. The third-order valence-corrected chi connectivity index (χ3v) is 5.85. The fourth-order valence-corrected chi connectivity index (χ4v) is 4.57. The lowest BCUT2D eigenvalue weighted by molar-refractivity contribution is -0.145. The summed E-state index contributed by atoms with van der Waals surface area (Å²) in [6.07, 6.45) is 1.49. The van der Waals surface area contributed by atoms with Crippen molar-refractivity contribution >= 4 is 27.7 Å². The first-order valence-electron chi connectivity index (χ1n) is 9.50. The Morgan fingerprint density at radius 3 is 2.74 bits per heavy atom. The molecule has 2 saturated heterocycles. The van der Waals surface area contributed by atoms with E-state index in [4.69, 9.17) is 0 Å². The quantitative estimate of drug-likeness (QED) is 0.766. The Bertz CT molecular complexity index is 727. The van der Waals surface area contributed by atoms with E-state index in [9.17, 15) is 14.0 Å². The second-order valence-electron chi connectivity index (χ2n) is 8.09. The fraction of sp³-hybridized carbons (Fsp3) is 0.600. The number of halogens is 2. The van der Waals surface area contributed by atoms with Crippen molar-refractivity contribution in [2.24, 2.45) is 5.92 Å². The van der Waals surface area contributed by atoms with Gasteiger partial charge in [0.1, 0.15) is 5.82 Å². The van der Waals surface area contributed by atoms with E-state index < -0.39 is 0 Å². The van der Waals surface area contributed by atoms with Gasteiger partial charge in [-0.3, -0.25) is 14.5 Å². The average molecular weight is 440 g/mol. The van der Waals surface area contributed by atoms with Crippen molar-refractivity contribution in [2.75, 3.05) is 13.1 Å². The molecule has 148 valence electrons. The SMILES string of the molecule is CC(=O)NC1CC2CN(Cc3ccc(Br)cc3F)C(CC(C)C)C(=O)N2C1. The van der Waals surface area contributed by atoms with Crippen LogP contribution in [0.1, 0.15) is 39.2 Å². The minimum absolute atomic E-state index is 0.000478. The molecule has 0 aromatic heterocycles. The highest BCUT2D eigenvalue weighted by Crippen LogP contribution is 2.30. The largest absolute Gasteiger partial charge is 0.352 e. The Kier molecular flexibility index (Phi) is 6.21. The Morgan fingerprint density at radius 2 is 2.11 bits per heavy atom. The number of fused-ring (bicyclic) bond motifs is 1. The molecule has 5 nitrogen and oxygen atoms in total. The van der Waals surface area contributed by atoms with Crippen molar-refractivity contribution in [2.45, 2.75) is 58.3 Å². The number of piperazine rings is 1. The summed E-state index contributed by atoms with van der Waals surface area (Å²) in [5, 5.41) is 2.94. The Hall–Kier alpha value is -1.47. The van der Waals surface area contributed by atoms with Gasteiger partial charge in [-0.1, -0.05) is 35.8 Å². The van der Waals surface area contributed by atoms with Crippen LogP contribution in [0.15, 0.2) is 22.7 Å². The van der Waals surface area contributed by atoms with E-state index in [2.05, 4.69) is 40.0 Å². The molecule has 0 spiro atoms. The van der Waals surface area contributed by atoms with Gasteiger partial charge < -0.3 is 10.2 Å². The number of carbonyl (C=O) groups excluding carboxylic acids is 2. The number of benzene rings is 1. The summed E-state index contributed by atoms with van der Waals surface area (Å²) in [5.74, 6) is 0.136. The van der Waals surface area contributed by atoms with Crippen LogP contribution in [0.25, 0.3) is 0 Å². The third kappa shape index (κ3) is 4.69. The number of nitrogens with zero attached hydrogens (tertiary/aromatic N) is 2. The van der Waals surface area contributed by atoms with Crippen LogP contribution in [0, 0.1) is 11.7 Å². The molecular formula is C20H27BrFN3O2. The predicted octanol–water partition coefficient (Wildman–Crippen LogP) is 2.92. The summed E-state index contributed by atoms with van der Waals surface area (Å²) < 4.78 is 15.1. The first kappa shape index (κ1) is 20.3. The third-order valence-electron chi connectivity index (χ3n) is 5.36. The maximum atomic E-state index is 14.4. The van der Waals surface area contributed by atoms with E-state index in [1.807, 2.05) is 11.0 Å². The lowest BCUT2D eigenvalue weighted by Crippen LogP contribution is -2.59. The molecule has 0 bridgehead atoms. The minimum Gasteiger partial charge on any atom is -0.352 e. The van der Waals surface area contributed by atoms with Gasteiger partial charge in [-0.05, 0) is 30.9 Å². The summed E-state index contributed by atoms with van der Waals surface area (Å²) in [4.78, 5) is 28.6. The van der Waals surface area contributed by atoms with E-state index in [-0.39, 0.29) is 35.8 Å². The molecule has 0 aliphatic carbocycles. The summed E-state index contributed by atoms with van der Waals surface area (Å²) in [6.45, 7) is 7.39. The van der Waals surface area contributed by atoms with Crippen molar-refractivity contribution in [3.05, 3.63) is 34.1 Å². The van der Waals surface area contributed by atoms with Gasteiger partial charge >= 0.3 is 0 Å². The molecule has 1 aromatic rings. The standard InChI is InChI=1S/C20H27BrFN3O2/c1-12(2)6-19-20(27)25-10-16(23-13(3)26)8-17(25)11-24(19)9-14-4-5-15(21)7-18(14)22/h4-5,7,12,16-17,19H,6,8-11H2,1-3H3,(H,23,26). The van der Waals surface area contributed by atoms with Gasteiger partial charge in [0.15, 0.2) is 0 Å².